The molecule has 5 rings (SSSR count). The van der Waals surface area contributed by atoms with Crippen molar-refractivity contribution in [3.05, 3.63) is 156 Å². The Kier molecular flexibility index (Phi) is 7.20. The van der Waals surface area contributed by atoms with Crippen molar-refractivity contribution in [3.8, 4) is 0 Å². The first-order valence-corrected chi connectivity index (χ1v) is 12.4. The smallest absolute Gasteiger partial charge is 0.0652 e. The zero-order valence-corrected chi connectivity index (χ0v) is 20.3. The number of anilines is 2. The number of allylic oxidation sites excluding steroid dienone is 2. The van der Waals surface area contributed by atoms with E-state index in [0.29, 0.717) is 0 Å². The third kappa shape index (κ3) is 5.54. The van der Waals surface area contributed by atoms with Gasteiger partial charge in [0.25, 0.3) is 0 Å². The van der Waals surface area contributed by atoms with Gasteiger partial charge in [0.05, 0.1) is 11.4 Å². The fourth-order valence-electron chi connectivity index (χ4n) is 4.65. The topological polar surface area (TPSA) is 41.6 Å². The molecule has 4 aromatic rings. The van der Waals surface area contributed by atoms with E-state index in [2.05, 4.69) is 91.0 Å². The molecule has 2 N–H and O–H groups in total. The average molecular weight is 470 g/mol. The van der Waals surface area contributed by atoms with Gasteiger partial charge >= 0.3 is 0 Å². The Morgan fingerprint density at radius 1 is 0.694 bits per heavy atom. The van der Waals surface area contributed by atoms with Crippen molar-refractivity contribution in [2.75, 3.05) is 5.01 Å². The van der Waals surface area contributed by atoms with Crippen molar-refractivity contribution in [2.24, 2.45) is 16.3 Å². The van der Waals surface area contributed by atoms with E-state index in [0.717, 1.165) is 24.2 Å². The van der Waals surface area contributed by atoms with E-state index >= 15 is 0 Å². The molecule has 0 fully saturated rings. The van der Waals surface area contributed by atoms with E-state index in [1.807, 2.05) is 59.8 Å². The fourth-order valence-corrected chi connectivity index (χ4v) is 4.65. The van der Waals surface area contributed by atoms with E-state index in [4.69, 9.17) is 10.8 Å². The maximum atomic E-state index is 6.93. The standard InChI is InChI=1S/C33H31N3/c34-32-24-29(23-27-13-5-1-6-14-27)21-22-33(32,25-28-15-7-2-8-16-28)26-35-36(30-17-9-3-10-18-30)31-19-11-4-12-20-31/h1-22,24,26,32H,23,25,34H2. The molecule has 0 saturated carbocycles. The molecule has 0 aliphatic heterocycles. The van der Waals surface area contributed by atoms with Gasteiger partial charge in [0.1, 0.15) is 0 Å². The molecule has 1 aliphatic carbocycles. The van der Waals surface area contributed by atoms with Crippen LogP contribution in [0.5, 0.6) is 0 Å². The van der Waals surface area contributed by atoms with Crippen molar-refractivity contribution < 1.29 is 0 Å². The van der Waals surface area contributed by atoms with E-state index in [1.54, 1.807) is 0 Å². The molecule has 0 radical (unpaired) electrons. The lowest BCUT2D eigenvalue weighted by Crippen LogP contribution is -2.44. The van der Waals surface area contributed by atoms with Gasteiger partial charge in [-0.25, -0.2) is 5.01 Å². The molecule has 2 unspecified atom stereocenters. The maximum Gasteiger partial charge on any atom is 0.0652 e. The van der Waals surface area contributed by atoms with Crippen molar-refractivity contribution >= 4 is 17.6 Å². The van der Waals surface area contributed by atoms with Crippen LogP contribution in [0.2, 0.25) is 0 Å². The molecule has 0 amide bonds. The van der Waals surface area contributed by atoms with E-state index < -0.39 is 5.41 Å². The highest BCUT2D eigenvalue weighted by Crippen LogP contribution is 2.34. The van der Waals surface area contributed by atoms with Crippen LogP contribution < -0.4 is 10.7 Å². The SMILES string of the molecule is NC1C=C(Cc2ccccc2)C=CC1(C=NN(c1ccccc1)c1ccccc1)Cc1ccccc1. The van der Waals surface area contributed by atoms with Crippen molar-refractivity contribution in [3.63, 3.8) is 0 Å². The van der Waals surface area contributed by atoms with Crippen LogP contribution >= 0.6 is 0 Å². The largest absolute Gasteiger partial charge is 0.323 e. The van der Waals surface area contributed by atoms with Gasteiger partial charge in [-0.15, -0.1) is 0 Å². The number of hydrogen-bond acceptors (Lipinski definition) is 3. The summed E-state index contributed by atoms with van der Waals surface area (Å²) in [5.74, 6) is 0. The highest BCUT2D eigenvalue weighted by Gasteiger charge is 2.34. The Labute approximate surface area is 213 Å². The molecule has 0 bridgehead atoms. The molecule has 0 saturated heterocycles. The normalized spacial score (nSPS) is 19.2. The van der Waals surface area contributed by atoms with Gasteiger partial charge in [0.15, 0.2) is 0 Å². The summed E-state index contributed by atoms with van der Waals surface area (Å²) in [5.41, 5.74) is 12.2. The maximum absolute atomic E-state index is 6.93. The molecule has 3 heteroatoms. The molecule has 0 spiro atoms. The molecule has 3 nitrogen and oxygen atoms in total. The third-order valence-electron chi connectivity index (χ3n) is 6.64. The highest BCUT2D eigenvalue weighted by atomic mass is 15.5. The van der Waals surface area contributed by atoms with Crippen LogP contribution in [0.4, 0.5) is 11.4 Å². The first kappa shape index (κ1) is 23.5. The summed E-state index contributed by atoms with van der Waals surface area (Å²) in [6.45, 7) is 0. The average Bonchev–Trinajstić information content (AvgIpc) is 2.93. The Morgan fingerprint density at radius 3 is 1.72 bits per heavy atom. The summed E-state index contributed by atoms with van der Waals surface area (Å²) in [5, 5.41) is 7.05. The lowest BCUT2D eigenvalue weighted by atomic mass is 9.72. The molecule has 178 valence electrons. The number of benzene rings is 4. The van der Waals surface area contributed by atoms with Gasteiger partial charge in [-0.3, -0.25) is 0 Å². The van der Waals surface area contributed by atoms with Crippen LogP contribution in [-0.4, -0.2) is 12.3 Å². The van der Waals surface area contributed by atoms with Gasteiger partial charge in [0.2, 0.25) is 0 Å². The number of hydrogen-bond donors (Lipinski definition) is 1. The summed E-state index contributed by atoms with van der Waals surface area (Å²) in [6, 6.07) is 41.3. The Bertz CT molecular complexity index is 1290. The second-order valence-electron chi connectivity index (χ2n) is 9.27. The van der Waals surface area contributed by atoms with E-state index in [9.17, 15) is 0 Å². The molecule has 4 aromatic carbocycles. The molecule has 0 aromatic heterocycles. The predicted molar refractivity (Wildman–Crippen MR) is 151 cm³/mol. The number of rotatable bonds is 8. The summed E-state index contributed by atoms with van der Waals surface area (Å²) >= 11 is 0. The van der Waals surface area contributed by atoms with Gasteiger partial charge in [-0.2, -0.15) is 5.10 Å². The van der Waals surface area contributed by atoms with Crippen LogP contribution in [0.25, 0.3) is 0 Å². The van der Waals surface area contributed by atoms with Gasteiger partial charge < -0.3 is 5.73 Å². The Morgan fingerprint density at radius 2 is 1.19 bits per heavy atom. The first-order valence-electron chi connectivity index (χ1n) is 12.4. The number of para-hydroxylation sites is 2. The predicted octanol–water partition coefficient (Wildman–Crippen LogP) is 7.11. The van der Waals surface area contributed by atoms with E-state index in [1.165, 1.54) is 16.7 Å². The highest BCUT2D eigenvalue weighted by molar-refractivity contribution is 5.76. The minimum Gasteiger partial charge on any atom is -0.323 e. The van der Waals surface area contributed by atoms with Crippen LogP contribution in [-0.2, 0) is 12.8 Å². The van der Waals surface area contributed by atoms with E-state index in [-0.39, 0.29) is 6.04 Å². The lowest BCUT2D eigenvalue weighted by Gasteiger charge is -2.35. The third-order valence-corrected chi connectivity index (χ3v) is 6.64. The molecular formula is C33H31N3. The van der Waals surface area contributed by atoms with Crippen molar-refractivity contribution in [1.29, 1.82) is 0 Å². The monoisotopic (exact) mass is 469 g/mol. The van der Waals surface area contributed by atoms with Crippen LogP contribution in [0.3, 0.4) is 0 Å². The number of hydrazone groups is 1. The Hall–Kier alpha value is -4.21. The zero-order chi connectivity index (χ0) is 24.6. The minimum absolute atomic E-state index is 0.210. The summed E-state index contributed by atoms with van der Waals surface area (Å²) in [7, 11) is 0. The molecule has 2 atom stereocenters. The number of nitrogens with zero attached hydrogens (tertiary/aromatic N) is 2. The van der Waals surface area contributed by atoms with Crippen molar-refractivity contribution in [1.82, 2.24) is 0 Å². The summed E-state index contributed by atoms with van der Waals surface area (Å²) < 4.78 is 0. The van der Waals surface area contributed by atoms with Crippen molar-refractivity contribution in [2.45, 2.75) is 18.9 Å². The van der Waals surface area contributed by atoms with Gasteiger partial charge in [0, 0.05) is 17.7 Å². The van der Waals surface area contributed by atoms with Crippen LogP contribution in [0.15, 0.2) is 150 Å². The fraction of sp³-hybridized carbons (Fsp3) is 0.121. The summed E-state index contributed by atoms with van der Waals surface area (Å²) in [6.07, 6.45) is 10.3. The van der Waals surface area contributed by atoms with Gasteiger partial charge in [-0.05, 0) is 53.8 Å². The first-order chi connectivity index (χ1) is 17.7. The van der Waals surface area contributed by atoms with Gasteiger partial charge in [-0.1, -0.05) is 115 Å². The second-order valence-corrected chi connectivity index (χ2v) is 9.27. The lowest BCUT2D eigenvalue weighted by molar-refractivity contribution is 0.471. The quantitative estimate of drug-likeness (QED) is 0.221. The zero-order valence-electron chi connectivity index (χ0n) is 20.3. The van der Waals surface area contributed by atoms with Crippen LogP contribution in [0, 0.1) is 5.41 Å². The molecule has 1 aliphatic rings. The number of nitrogens with two attached hydrogens (primary N) is 1. The summed E-state index contributed by atoms with van der Waals surface area (Å²) in [4.78, 5) is 0. The second kappa shape index (κ2) is 11.0. The molecule has 0 heterocycles. The molecular weight excluding hydrogens is 438 g/mol. The van der Waals surface area contributed by atoms with Crippen LogP contribution in [0.1, 0.15) is 11.1 Å². The Balaban J connectivity index is 1.50. The molecule has 36 heavy (non-hydrogen) atoms. The minimum atomic E-state index is -0.455.